The van der Waals surface area contributed by atoms with Crippen LogP contribution in [0.1, 0.15) is 96.8 Å². The number of carbonyl (C=O) groups excluding carboxylic acids is 1. The van der Waals surface area contributed by atoms with E-state index < -0.39 is 0 Å². The van der Waals surface area contributed by atoms with Crippen LogP contribution < -0.4 is 0 Å². The number of hydrogen-bond acceptors (Lipinski definition) is 5. The Morgan fingerprint density at radius 3 is 1.76 bits per heavy atom. The normalized spacial score (nSPS) is 10.9. The molecule has 0 atom stereocenters. The lowest BCUT2D eigenvalue weighted by Gasteiger charge is -2.05. The molecule has 0 heterocycles. The summed E-state index contributed by atoms with van der Waals surface area (Å²) in [6.07, 6.45) is 21.8. The van der Waals surface area contributed by atoms with Crippen LogP contribution in [0.5, 0.6) is 0 Å². The third-order valence-corrected chi connectivity index (χ3v) is 5.46. The average molecular weight is 602 g/mol. The molecule has 1 N–H and O–H groups in total. The molecule has 7 heteroatoms. The van der Waals surface area contributed by atoms with E-state index in [9.17, 15) is 4.79 Å². The van der Waals surface area contributed by atoms with Gasteiger partial charge in [0.05, 0.1) is 33.0 Å². The number of allylic oxidation sites excluding steroid dienone is 2. The van der Waals surface area contributed by atoms with Crippen molar-refractivity contribution >= 4 is 37.8 Å². The first-order valence-electron chi connectivity index (χ1n) is 12.9. The fraction of sp³-hybridized carbons (Fsp3) is 0.885. The molecule has 0 spiro atoms. The molecule has 0 saturated heterocycles. The number of carbonyl (C=O) groups is 1. The van der Waals surface area contributed by atoms with Gasteiger partial charge in [-0.15, -0.1) is 0 Å². The Hall–Kier alpha value is 0.0500. The number of aliphatic hydroxyl groups excluding tert-OH is 1. The maximum Gasteiger partial charge on any atom is 0.305 e. The van der Waals surface area contributed by atoms with Crippen molar-refractivity contribution < 1.29 is 24.1 Å². The Kier molecular flexibility index (Phi) is 36.5. The second-order valence-corrected chi connectivity index (χ2v) is 9.47. The summed E-state index contributed by atoms with van der Waals surface area (Å²) in [5.41, 5.74) is 0. The van der Waals surface area contributed by atoms with Gasteiger partial charge in [0.2, 0.25) is 0 Å². The summed E-state index contributed by atoms with van der Waals surface area (Å²) in [7, 11) is 0. The number of ether oxygens (including phenoxy) is 3. The number of esters is 1. The van der Waals surface area contributed by atoms with Crippen molar-refractivity contribution in [3.63, 3.8) is 0 Å². The van der Waals surface area contributed by atoms with Crippen LogP contribution in [0.25, 0.3) is 0 Å². The van der Waals surface area contributed by atoms with Gasteiger partial charge in [-0.05, 0) is 32.1 Å². The first kappa shape index (κ1) is 35.2. The highest BCUT2D eigenvalue weighted by atomic mass is 79.9. The van der Waals surface area contributed by atoms with Crippen molar-refractivity contribution in [3.8, 4) is 0 Å². The molecule has 0 fully saturated rings. The molecule has 0 amide bonds. The zero-order valence-electron chi connectivity index (χ0n) is 21.0. The smallest absolute Gasteiger partial charge is 0.305 e. The van der Waals surface area contributed by atoms with Crippen LogP contribution in [-0.4, -0.2) is 61.4 Å². The van der Waals surface area contributed by atoms with Crippen LogP contribution >= 0.6 is 31.9 Å². The van der Waals surface area contributed by atoms with Crippen LogP contribution in [0.2, 0.25) is 0 Å². The maximum absolute atomic E-state index is 11.5. The molecule has 0 bridgehead atoms. The van der Waals surface area contributed by atoms with Crippen LogP contribution in [-0.2, 0) is 19.0 Å². The lowest BCUT2D eigenvalue weighted by molar-refractivity contribution is -0.145. The highest BCUT2D eigenvalue weighted by Crippen LogP contribution is 2.10. The molecule has 0 radical (unpaired) electrons. The van der Waals surface area contributed by atoms with Gasteiger partial charge < -0.3 is 19.3 Å². The summed E-state index contributed by atoms with van der Waals surface area (Å²) >= 11 is 6.45. The highest BCUT2D eigenvalue weighted by molar-refractivity contribution is 9.09. The molecule has 0 rings (SSSR count). The third kappa shape index (κ3) is 36.8. The van der Waals surface area contributed by atoms with E-state index in [1.54, 1.807) is 0 Å². The summed E-state index contributed by atoms with van der Waals surface area (Å²) in [5.74, 6) is -0.0925. The van der Waals surface area contributed by atoms with Gasteiger partial charge in [-0.3, -0.25) is 4.79 Å². The van der Waals surface area contributed by atoms with Gasteiger partial charge in [-0.2, -0.15) is 0 Å². The molecule has 0 unspecified atom stereocenters. The van der Waals surface area contributed by atoms with E-state index in [0.29, 0.717) is 39.5 Å². The SMILES string of the molecule is CCCCCCCC/C=C\CCCCCCCC(=O)OCCOCCBr.OCCOCCBr. The van der Waals surface area contributed by atoms with E-state index in [4.69, 9.17) is 19.3 Å². The molecule has 0 aliphatic rings. The van der Waals surface area contributed by atoms with Crippen LogP contribution in [0, 0.1) is 0 Å². The molecule has 0 saturated carbocycles. The van der Waals surface area contributed by atoms with E-state index >= 15 is 0 Å². The van der Waals surface area contributed by atoms with Crippen molar-refractivity contribution in [2.45, 2.75) is 96.8 Å². The largest absolute Gasteiger partial charge is 0.463 e. The Morgan fingerprint density at radius 1 is 0.697 bits per heavy atom. The predicted octanol–water partition coefficient (Wildman–Crippen LogP) is 7.37. The molecular weight excluding hydrogens is 552 g/mol. The van der Waals surface area contributed by atoms with E-state index in [1.807, 2.05) is 0 Å². The first-order valence-corrected chi connectivity index (χ1v) is 15.2. The second kappa shape index (κ2) is 34.2. The molecule has 0 aromatic heterocycles. The van der Waals surface area contributed by atoms with Crippen molar-refractivity contribution in [2.24, 2.45) is 0 Å². The minimum absolute atomic E-state index is 0.0925. The lowest BCUT2D eigenvalue weighted by atomic mass is 10.1. The summed E-state index contributed by atoms with van der Waals surface area (Å²) < 4.78 is 15.2. The Bertz CT molecular complexity index is 391. The number of aliphatic hydroxyl groups is 1. The van der Waals surface area contributed by atoms with Crippen molar-refractivity contribution in [2.75, 3.05) is 50.3 Å². The monoisotopic (exact) mass is 600 g/mol. The Balaban J connectivity index is 0. The minimum Gasteiger partial charge on any atom is -0.463 e. The lowest BCUT2D eigenvalue weighted by Crippen LogP contribution is -2.11. The standard InChI is InChI=1S/C22H41BrO3.C4H9BrO2/c1-2-3-4-5-6-7-8-9-10-11-12-13-14-15-16-17-22(24)26-21-20-25-19-18-23;5-1-3-7-4-2-6/h9-10H,2-8,11-21H2,1H3;6H,1-4H2/b10-9-;. The van der Waals surface area contributed by atoms with E-state index in [0.717, 1.165) is 23.5 Å². The van der Waals surface area contributed by atoms with E-state index in [-0.39, 0.29) is 12.6 Å². The predicted molar refractivity (Wildman–Crippen MR) is 147 cm³/mol. The molecule has 198 valence electrons. The number of unbranched alkanes of at least 4 members (excludes halogenated alkanes) is 11. The molecule has 33 heavy (non-hydrogen) atoms. The van der Waals surface area contributed by atoms with Crippen molar-refractivity contribution in [1.82, 2.24) is 0 Å². The summed E-state index contributed by atoms with van der Waals surface area (Å²) in [6, 6.07) is 0. The molecule has 5 nitrogen and oxygen atoms in total. The number of alkyl halides is 2. The zero-order valence-corrected chi connectivity index (χ0v) is 24.2. The summed E-state index contributed by atoms with van der Waals surface area (Å²) in [5, 5.41) is 9.81. The minimum atomic E-state index is -0.0925. The molecule has 0 aliphatic heterocycles. The van der Waals surface area contributed by atoms with Gasteiger partial charge in [-0.1, -0.05) is 102 Å². The van der Waals surface area contributed by atoms with Crippen LogP contribution in [0.3, 0.4) is 0 Å². The van der Waals surface area contributed by atoms with Crippen molar-refractivity contribution in [3.05, 3.63) is 12.2 Å². The van der Waals surface area contributed by atoms with Crippen LogP contribution in [0.15, 0.2) is 12.2 Å². The zero-order chi connectivity index (χ0) is 24.7. The highest BCUT2D eigenvalue weighted by Gasteiger charge is 2.02. The fourth-order valence-electron chi connectivity index (χ4n) is 3.00. The molecule has 0 aliphatic carbocycles. The number of halogens is 2. The number of rotatable bonds is 24. The molecule has 0 aromatic carbocycles. The maximum atomic E-state index is 11.5. The second-order valence-electron chi connectivity index (χ2n) is 7.88. The summed E-state index contributed by atoms with van der Waals surface area (Å²) in [4.78, 5) is 11.5. The fourth-order valence-corrected chi connectivity index (χ4v) is 3.46. The quantitative estimate of drug-likeness (QED) is 0.0541. The number of hydrogen-bond donors (Lipinski definition) is 1. The Labute approximate surface area is 220 Å². The third-order valence-electron chi connectivity index (χ3n) is 4.81. The average Bonchev–Trinajstić information content (AvgIpc) is 2.82. The van der Waals surface area contributed by atoms with E-state index in [2.05, 4.69) is 50.9 Å². The van der Waals surface area contributed by atoms with Gasteiger partial charge in [0.15, 0.2) is 0 Å². The Morgan fingerprint density at radius 2 is 1.21 bits per heavy atom. The molecule has 0 aromatic rings. The van der Waals surface area contributed by atoms with Gasteiger partial charge >= 0.3 is 5.97 Å². The van der Waals surface area contributed by atoms with E-state index in [1.165, 1.54) is 70.6 Å². The van der Waals surface area contributed by atoms with Gasteiger partial charge in [0.1, 0.15) is 6.61 Å². The first-order chi connectivity index (χ1) is 16.2. The molecular formula is C26H50Br2O5. The van der Waals surface area contributed by atoms with Crippen LogP contribution in [0.4, 0.5) is 0 Å². The summed E-state index contributed by atoms with van der Waals surface area (Å²) in [6.45, 7) is 5.04. The van der Waals surface area contributed by atoms with Gasteiger partial charge in [0, 0.05) is 17.1 Å². The van der Waals surface area contributed by atoms with Gasteiger partial charge in [-0.25, -0.2) is 0 Å². The topological polar surface area (TPSA) is 65.0 Å². The van der Waals surface area contributed by atoms with Crippen molar-refractivity contribution in [1.29, 1.82) is 0 Å². The van der Waals surface area contributed by atoms with Gasteiger partial charge in [0.25, 0.3) is 0 Å².